The molecular formula is C13H8ClFN4O2S. The fourth-order valence-electron chi connectivity index (χ4n) is 1.68. The smallest absolute Gasteiger partial charge is 0.358 e. The van der Waals surface area contributed by atoms with E-state index in [-0.39, 0.29) is 17.3 Å². The first-order valence-corrected chi connectivity index (χ1v) is 7.37. The average molecular weight is 339 g/mol. The van der Waals surface area contributed by atoms with Crippen molar-refractivity contribution in [1.29, 1.82) is 0 Å². The van der Waals surface area contributed by atoms with Crippen LogP contribution in [-0.2, 0) is 11.3 Å². The first-order chi connectivity index (χ1) is 10.6. The largest absolute Gasteiger partial charge is 0.454 e. The van der Waals surface area contributed by atoms with Gasteiger partial charge in [0.15, 0.2) is 5.69 Å². The normalized spacial score (nSPS) is 10.6. The molecule has 3 rings (SSSR count). The molecule has 22 heavy (non-hydrogen) atoms. The molecule has 0 unspecified atom stereocenters. The van der Waals surface area contributed by atoms with Crippen molar-refractivity contribution >= 4 is 28.9 Å². The van der Waals surface area contributed by atoms with Gasteiger partial charge in [-0.15, -0.1) is 16.4 Å². The second-order valence-corrected chi connectivity index (χ2v) is 5.33. The predicted octanol–water partition coefficient (Wildman–Crippen LogP) is 2.87. The Morgan fingerprint density at radius 1 is 1.45 bits per heavy atom. The average Bonchev–Trinajstić information content (AvgIpc) is 3.16. The van der Waals surface area contributed by atoms with Crippen molar-refractivity contribution in [2.45, 2.75) is 6.61 Å². The van der Waals surface area contributed by atoms with Crippen molar-refractivity contribution in [3.63, 3.8) is 0 Å². The van der Waals surface area contributed by atoms with Gasteiger partial charge in [-0.25, -0.2) is 18.9 Å². The van der Waals surface area contributed by atoms with Crippen molar-refractivity contribution in [3.8, 4) is 5.69 Å². The third-order valence-corrected chi connectivity index (χ3v) is 3.58. The summed E-state index contributed by atoms with van der Waals surface area (Å²) >= 11 is 7.25. The van der Waals surface area contributed by atoms with Crippen molar-refractivity contribution < 1.29 is 13.9 Å². The number of nitrogens with zero attached hydrogens (tertiary/aromatic N) is 4. The van der Waals surface area contributed by atoms with Crippen molar-refractivity contribution in [1.82, 2.24) is 20.0 Å². The van der Waals surface area contributed by atoms with Crippen LogP contribution in [0.2, 0.25) is 5.02 Å². The Kier molecular flexibility index (Phi) is 4.12. The molecule has 0 spiro atoms. The van der Waals surface area contributed by atoms with Gasteiger partial charge < -0.3 is 4.74 Å². The molecule has 0 bridgehead atoms. The first kappa shape index (κ1) is 14.6. The third kappa shape index (κ3) is 3.12. The van der Waals surface area contributed by atoms with E-state index in [0.29, 0.717) is 11.4 Å². The minimum Gasteiger partial charge on any atom is -0.454 e. The lowest BCUT2D eigenvalue weighted by Crippen LogP contribution is -2.05. The van der Waals surface area contributed by atoms with E-state index in [1.54, 1.807) is 17.1 Å². The van der Waals surface area contributed by atoms with E-state index in [1.807, 2.05) is 0 Å². The molecule has 0 aliphatic rings. The van der Waals surface area contributed by atoms with Gasteiger partial charge >= 0.3 is 5.97 Å². The zero-order valence-corrected chi connectivity index (χ0v) is 12.5. The molecule has 0 fully saturated rings. The maximum atomic E-state index is 13.0. The summed E-state index contributed by atoms with van der Waals surface area (Å²) in [5.41, 5.74) is 2.71. The lowest BCUT2D eigenvalue weighted by molar-refractivity contribution is 0.0461. The highest BCUT2D eigenvalue weighted by Crippen LogP contribution is 2.20. The highest BCUT2D eigenvalue weighted by atomic mass is 35.5. The monoisotopic (exact) mass is 338 g/mol. The number of carbonyl (C=O) groups is 1. The highest BCUT2D eigenvalue weighted by molar-refractivity contribution is 7.07. The van der Waals surface area contributed by atoms with Crippen molar-refractivity contribution in [2.75, 3.05) is 0 Å². The Hall–Kier alpha value is -2.32. The molecule has 0 aliphatic carbocycles. The second kappa shape index (κ2) is 6.20. The molecule has 2 aromatic heterocycles. The highest BCUT2D eigenvalue weighted by Gasteiger charge is 2.12. The molecule has 112 valence electrons. The molecule has 0 saturated carbocycles. The van der Waals surface area contributed by atoms with Gasteiger partial charge in [-0.3, -0.25) is 0 Å². The van der Waals surface area contributed by atoms with Gasteiger partial charge in [0.2, 0.25) is 0 Å². The summed E-state index contributed by atoms with van der Waals surface area (Å²) in [4.78, 5) is 15.5. The molecule has 0 radical (unpaired) electrons. The minimum atomic E-state index is -0.532. The van der Waals surface area contributed by atoms with Crippen LogP contribution in [-0.4, -0.2) is 25.9 Å². The van der Waals surface area contributed by atoms with Gasteiger partial charge in [0.25, 0.3) is 0 Å². The van der Waals surface area contributed by atoms with E-state index < -0.39 is 11.8 Å². The van der Waals surface area contributed by atoms with E-state index in [9.17, 15) is 9.18 Å². The summed E-state index contributed by atoms with van der Waals surface area (Å²) in [5, 5.41) is 9.55. The van der Waals surface area contributed by atoms with E-state index >= 15 is 0 Å². The summed E-state index contributed by atoms with van der Waals surface area (Å²) in [6.45, 7) is -0.0465. The van der Waals surface area contributed by atoms with E-state index in [1.165, 1.54) is 34.2 Å². The number of rotatable bonds is 4. The standard InChI is InChI=1S/C13H8ClFN4O2S/c14-10-3-8(15)1-2-12(10)19-4-9(17-18-19)5-21-13(20)11-6-22-7-16-11/h1-4,6-7H,5H2. The summed E-state index contributed by atoms with van der Waals surface area (Å²) < 4.78 is 19.5. The van der Waals surface area contributed by atoms with E-state index in [2.05, 4.69) is 15.3 Å². The quantitative estimate of drug-likeness (QED) is 0.684. The van der Waals surface area contributed by atoms with Crippen molar-refractivity contribution in [3.05, 3.63) is 57.5 Å². The van der Waals surface area contributed by atoms with Crippen LogP contribution < -0.4 is 0 Å². The fraction of sp³-hybridized carbons (Fsp3) is 0.0769. The van der Waals surface area contributed by atoms with Crippen LogP contribution in [0.25, 0.3) is 5.69 Å². The Balaban J connectivity index is 1.70. The number of hydrogen-bond acceptors (Lipinski definition) is 6. The number of esters is 1. The summed E-state index contributed by atoms with van der Waals surface area (Å²) in [6, 6.07) is 3.93. The van der Waals surface area contributed by atoms with Gasteiger partial charge in [-0.2, -0.15) is 0 Å². The van der Waals surface area contributed by atoms with Crippen LogP contribution >= 0.6 is 22.9 Å². The molecular weight excluding hydrogens is 331 g/mol. The third-order valence-electron chi connectivity index (χ3n) is 2.69. The van der Waals surface area contributed by atoms with Crippen LogP contribution in [0.5, 0.6) is 0 Å². The number of hydrogen-bond donors (Lipinski definition) is 0. The predicted molar refractivity (Wildman–Crippen MR) is 77.6 cm³/mol. The maximum Gasteiger partial charge on any atom is 0.358 e. The minimum absolute atomic E-state index is 0.0465. The van der Waals surface area contributed by atoms with Crippen LogP contribution in [0.3, 0.4) is 0 Å². The molecule has 0 N–H and O–H groups in total. The molecule has 0 aliphatic heterocycles. The molecule has 0 amide bonds. The Morgan fingerprint density at radius 3 is 3.05 bits per heavy atom. The van der Waals surface area contributed by atoms with Gasteiger partial charge in [0.1, 0.15) is 18.1 Å². The number of ether oxygens (including phenoxy) is 1. The molecule has 0 saturated heterocycles. The van der Waals surface area contributed by atoms with Gasteiger partial charge in [0, 0.05) is 5.38 Å². The van der Waals surface area contributed by atoms with Gasteiger partial charge in [-0.05, 0) is 18.2 Å². The van der Waals surface area contributed by atoms with Gasteiger partial charge in [0.05, 0.1) is 22.4 Å². The molecule has 9 heteroatoms. The maximum absolute atomic E-state index is 13.0. The molecule has 0 atom stereocenters. The molecule has 6 nitrogen and oxygen atoms in total. The summed E-state index contributed by atoms with van der Waals surface area (Å²) in [6.07, 6.45) is 1.55. The summed E-state index contributed by atoms with van der Waals surface area (Å²) in [5.74, 6) is -0.970. The lowest BCUT2D eigenvalue weighted by Gasteiger charge is -2.02. The topological polar surface area (TPSA) is 69.9 Å². The van der Waals surface area contributed by atoms with Crippen molar-refractivity contribution in [2.24, 2.45) is 0 Å². The van der Waals surface area contributed by atoms with Crippen LogP contribution in [0.15, 0.2) is 35.3 Å². The van der Waals surface area contributed by atoms with Crippen LogP contribution in [0.4, 0.5) is 4.39 Å². The first-order valence-electron chi connectivity index (χ1n) is 6.05. The fourth-order valence-corrected chi connectivity index (χ4v) is 2.45. The van der Waals surface area contributed by atoms with E-state index in [4.69, 9.17) is 16.3 Å². The Morgan fingerprint density at radius 2 is 2.32 bits per heavy atom. The molecule has 2 heterocycles. The Bertz CT molecular complexity index is 806. The van der Waals surface area contributed by atoms with E-state index in [0.717, 1.165) is 0 Å². The van der Waals surface area contributed by atoms with Gasteiger partial charge in [-0.1, -0.05) is 16.8 Å². The number of benzene rings is 1. The number of halogens is 2. The second-order valence-electron chi connectivity index (χ2n) is 4.20. The zero-order valence-electron chi connectivity index (χ0n) is 10.9. The molecule has 3 aromatic rings. The SMILES string of the molecule is O=C(OCc1cn(-c2ccc(F)cc2Cl)nn1)c1cscn1. The number of aromatic nitrogens is 4. The molecule has 1 aromatic carbocycles. The summed E-state index contributed by atoms with van der Waals surface area (Å²) in [7, 11) is 0. The zero-order chi connectivity index (χ0) is 15.5. The number of thiazole rings is 1. The van der Waals surface area contributed by atoms with Crippen LogP contribution in [0, 0.1) is 5.82 Å². The lowest BCUT2D eigenvalue weighted by atomic mass is 10.3. The Labute approximate surface area is 133 Å². The number of carbonyl (C=O) groups excluding carboxylic acids is 1. The van der Waals surface area contributed by atoms with Crippen LogP contribution in [0.1, 0.15) is 16.2 Å².